The van der Waals surface area contributed by atoms with Gasteiger partial charge in [-0.15, -0.1) is 0 Å². The normalized spacial score (nSPS) is 9.92. The second-order valence-electron chi connectivity index (χ2n) is 2.42. The molecule has 2 nitrogen and oxygen atoms in total. The second-order valence-corrected chi connectivity index (χ2v) is 3.96. The number of carbonyl (C=O) groups is 1. The van der Waals surface area contributed by atoms with Gasteiger partial charge in [0.15, 0.2) is 0 Å². The van der Waals surface area contributed by atoms with Crippen LogP contribution in [0.25, 0.3) is 0 Å². The zero-order valence-corrected chi connectivity index (χ0v) is 9.31. The molecule has 0 bridgehead atoms. The Hall–Kier alpha value is -0.290. The number of nitrogens with two attached hydrogens (primary N) is 1. The lowest BCUT2D eigenvalue weighted by Gasteiger charge is -2.05. The Bertz CT molecular complexity index is 338. The number of amides is 1. The van der Waals surface area contributed by atoms with Crippen molar-refractivity contribution in [2.45, 2.75) is 6.92 Å². The Balaban J connectivity index is 3.43. The highest BCUT2D eigenvalue weighted by Crippen LogP contribution is 2.25. The van der Waals surface area contributed by atoms with Crippen LogP contribution >= 0.6 is 34.2 Å². The zero-order valence-electron chi connectivity index (χ0n) is 6.40. The summed E-state index contributed by atoms with van der Waals surface area (Å²) in [5, 5.41) is 0.447. The Labute approximate surface area is 89.2 Å². The summed E-state index contributed by atoms with van der Waals surface area (Å²) in [6.45, 7) is 1.81. The van der Waals surface area contributed by atoms with Crippen molar-refractivity contribution in [2.75, 3.05) is 0 Å². The highest BCUT2D eigenvalue weighted by molar-refractivity contribution is 14.1. The summed E-state index contributed by atoms with van der Waals surface area (Å²) in [5.74, 6) is -0.476. The van der Waals surface area contributed by atoms with Crippen molar-refractivity contribution in [1.29, 1.82) is 0 Å². The lowest BCUT2D eigenvalue weighted by atomic mass is 10.1. The molecule has 0 saturated heterocycles. The van der Waals surface area contributed by atoms with Crippen LogP contribution in [0.4, 0.5) is 0 Å². The molecule has 0 atom stereocenters. The van der Waals surface area contributed by atoms with Crippen LogP contribution in [0.2, 0.25) is 5.02 Å². The van der Waals surface area contributed by atoms with Crippen molar-refractivity contribution in [2.24, 2.45) is 5.73 Å². The van der Waals surface area contributed by atoms with Crippen LogP contribution in [0.3, 0.4) is 0 Å². The number of aryl methyl sites for hydroxylation is 1. The summed E-state index contributed by atoms with van der Waals surface area (Å²) in [5.41, 5.74) is 6.39. The van der Waals surface area contributed by atoms with Gasteiger partial charge in [0.1, 0.15) is 0 Å². The zero-order chi connectivity index (χ0) is 9.30. The van der Waals surface area contributed by atoms with Gasteiger partial charge < -0.3 is 5.73 Å². The molecular weight excluding hydrogens is 288 g/mol. The summed E-state index contributed by atoms with van der Waals surface area (Å²) in [6.07, 6.45) is 0. The smallest absolute Gasteiger partial charge is 0.250 e. The summed E-state index contributed by atoms with van der Waals surface area (Å²) >= 11 is 7.95. The number of rotatable bonds is 1. The molecule has 0 aliphatic rings. The van der Waals surface area contributed by atoms with E-state index in [2.05, 4.69) is 22.6 Å². The fourth-order valence-electron chi connectivity index (χ4n) is 0.950. The van der Waals surface area contributed by atoms with Gasteiger partial charge in [-0.3, -0.25) is 4.79 Å². The second kappa shape index (κ2) is 3.62. The maximum Gasteiger partial charge on any atom is 0.250 e. The Morgan fingerprint density at radius 2 is 2.17 bits per heavy atom. The Kier molecular flexibility index (Phi) is 2.95. The number of hydrogen-bond acceptors (Lipinski definition) is 1. The van der Waals surface area contributed by atoms with Crippen LogP contribution in [0.15, 0.2) is 12.1 Å². The van der Waals surface area contributed by atoms with Crippen LogP contribution in [0.1, 0.15) is 15.9 Å². The van der Waals surface area contributed by atoms with Crippen LogP contribution in [0, 0.1) is 10.5 Å². The highest BCUT2D eigenvalue weighted by atomic mass is 127. The van der Waals surface area contributed by atoms with Crippen LogP contribution in [0.5, 0.6) is 0 Å². The molecule has 0 aliphatic carbocycles. The van der Waals surface area contributed by atoms with E-state index >= 15 is 0 Å². The molecule has 0 unspecified atom stereocenters. The average Bonchev–Trinajstić information content (AvgIpc) is 1.97. The quantitative estimate of drug-likeness (QED) is 0.794. The molecule has 0 spiro atoms. The van der Waals surface area contributed by atoms with E-state index in [0.29, 0.717) is 10.6 Å². The van der Waals surface area contributed by atoms with Crippen molar-refractivity contribution in [3.8, 4) is 0 Å². The van der Waals surface area contributed by atoms with Gasteiger partial charge in [-0.2, -0.15) is 0 Å². The fourth-order valence-corrected chi connectivity index (χ4v) is 1.70. The van der Waals surface area contributed by atoms with Crippen LogP contribution < -0.4 is 5.73 Å². The van der Waals surface area contributed by atoms with Crippen molar-refractivity contribution in [3.63, 3.8) is 0 Å². The third-order valence-electron chi connectivity index (χ3n) is 1.55. The van der Waals surface area contributed by atoms with E-state index in [1.807, 2.05) is 19.1 Å². The van der Waals surface area contributed by atoms with Crippen LogP contribution in [-0.2, 0) is 0 Å². The summed E-state index contributed by atoms with van der Waals surface area (Å²) in [4.78, 5) is 10.9. The molecule has 0 fully saturated rings. The molecule has 1 aromatic carbocycles. The number of primary amides is 1. The molecule has 0 heterocycles. The third kappa shape index (κ3) is 1.72. The first kappa shape index (κ1) is 9.80. The van der Waals surface area contributed by atoms with E-state index in [1.54, 1.807) is 0 Å². The Morgan fingerprint density at radius 1 is 1.58 bits per heavy atom. The van der Waals surface area contributed by atoms with Crippen molar-refractivity contribution < 1.29 is 4.79 Å². The van der Waals surface area contributed by atoms with Gasteiger partial charge in [0.05, 0.1) is 10.6 Å². The molecule has 0 aromatic heterocycles. The molecule has 0 aliphatic heterocycles. The first-order valence-corrected chi connectivity index (χ1v) is 4.74. The van der Waals surface area contributed by atoms with E-state index < -0.39 is 5.91 Å². The van der Waals surface area contributed by atoms with Crippen molar-refractivity contribution >= 4 is 40.1 Å². The molecule has 0 radical (unpaired) electrons. The minimum absolute atomic E-state index is 0.420. The minimum Gasteiger partial charge on any atom is -0.366 e. The fraction of sp³-hybridized carbons (Fsp3) is 0.125. The van der Waals surface area contributed by atoms with Gasteiger partial charge >= 0.3 is 0 Å². The maximum absolute atomic E-state index is 10.9. The minimum atomic E-state index is -0.476. The lowest BCUT2D eigenvalue weighted by Crippen LogP contribution is -2.13. The molecule has 4 heteroatoms. The molecule has 64 valence electrons. The van der Waals surface area contributed by atoms with E-state index in [1.165, 1.54) is 0 Å². The van der Waals surface area contributed by atoms with Crippen LogP contribution in [-0.4, -0.2) is 5.91 Å². The number of hydrogen-bond donors (Lipinski definition) is 1. The first-order chi connectivity index (χ1) is 5.54. The largest absolute Gasteiger partial charge is 0.366 e. The molecule has 12 heavy (non-hydrogen) atoms. The summed E-state index contributed by atoms with van der Waals surface area (Å²) in [6, 6.07) is 3.68. The van der Waals surface area contributed by atoms with Gasteiger partial charge in [-0.1, -0.05) is 17.7 Å². The van der Waals surface area contributed by atoms with E-state index in [4.69, 9.17) is 17.3 Å². The van der Waals surface area contributed by atoms with Gasteiger partial charge in [0, 0.05) is 3.57 Å². The predicted octanol–water partition coefficient (Wildman–Crippen LogP) is 2.35. The molecule has 1 amide bonds. The topological polar surface area (TPSA) is 43.1 Å². The van der Waals surface area contributed by atoms with Gasteiger partial charge in [-0.25, -0.2) is 0 Å². The standard InChI is InChI=1S/C8H7ClINO/c1-4-2-3-5(10)7(9)6(4)8(11)12/h2-3H,1H3,(H2,11,12). The van der Waals surface area contributed by atoms with Crippen molar-refractivity contribution in [1.82, 2.24) is 0 Å². The van der Waals surface area contributed by atoms with E-state index in [9.17, 15) is 4.79 Å². The van der Waals surface area contributed by atoms with Crippen molar-refractivity contribution in [3.05, 3.63) is 31.9 Å². The predicted molar refractivity (Wildman–Crippen MR) is 57.4 cm³/mol. The number of carbonyl (C=O) groups excluding carboxylic acids is 1. The molecule has 1 rings (SSSR count). The molecule has 2 N–H and O–H groups in total. The monoisotopic (exact) mass is 295 g/mol. The Morgan fingerprint density at radius 3 is 2.58 bits per heavy atom. The molecule has 1 aromatic rings. The average molecular weight is 296 g/mol. The SMILES string of the molecule is Cc1ccc(I)c(Cl)c1C(N)=O. The molecular formula is C8H7ClINO. The molecule has 0 saturated carbocycles. The van der Waals surface area contributed by atoms with E-state index in [0.717, 1.165) is 9.13 Å². The van der Waals surface area contributed by atoms with E-state index in [-0.39, 0.29) is 0 Å². The third-order valence-corrected chi connectivity index (χ3v) is 3.16. The summed E-state index contributed by atoms with van der Waals surface area (Å²) < 4.78 is 0.841. The van der Waals surface area contributed by atoms with Gasteiger partial charge in [0.25, 0.3) is 5.91 Å². The highest BCUT2D eigenvalue weighted by Gasteiger charge is 2.11. The van der Waals surface area contributed by atoms with Gasteiger partial charge in [-0.05, 0) is 41.1 Å². The first-order valence-electron chi connectivity index (χ1n) is 3.28. The number of benzene rings is 1. The number of halogens is 2. The van der Waals surface area contributed by atoms with Gasteiger partial charge in [0.2, 0.25) is 0 Å². The maximum atomic E-state index is 10.9. The lowest BCUT2D eigenvalue weighted by molar-refractivity contribution is 0.1000. The summed E-state index contributed by atoms with van der Waals surface area (Å²) in [7, 11) is 0.